The smallest absolute Gasteiger partial charge is 0.410 e. The van der Waals surface area contributed by atoms with E-state index in [9.17, 15) is 19.5 Å². The maximum Gasteiger partial charge on any atom is 0.410 e. The largest absolute Gasteiger partial charge is 0.486 e. The molecule has 1 aromatic rings. The highest BCUT2D eigenvalue weighted by Gasteiger charge is 2.45. The number of ether oxygens (including phenoxy) is 2. The Morgan fingerprint density at radius 1 is 1.23 bits per heavy atom. The molecule has 0 atom stereocenters. The topological polar surface area (TPSA) is 93.1 Å². The Hall–Kier alpha value is -2.57. The van der Waals surface area contributed by atoms with Crippen molar-refractivity contribution in [2.75, 3.05) is 13.1 Å². The lowest BCUT2D eigenvalue weighted by molar-refractivity contribution is -0.0228. The van der Waals surface area contributed by atoms with Gasteiger partial charge in [-0.15, -0.1) is 0 Å². The Balaban J connectivity index is 1.75. The second-order valence-electron chi connectivity index (χ2n) is 7.84. The van der Waals surface area contributed by atoms with E-state index in [1.807, 2.05) is 20.8 Å². The fraction of sp³-hybridized carbons (Fsp3) is 0.526. The van der Waals surface area contributed by atoms with Crippen molar-refractivity contribution in [2.24, 2.45) is 0 Å². The van der Waals surface area contributed by atoms with E-state index >= 15 is 0 Å². The summed E-state index contributed by atoms with van der Waals surface area (Å²) in [5.41, 5.74) is -1.15. The molecule has 1 fully saturated rings. The summed E-state index contributed by atoms with van der Waals surface area (Å²) in [7, 11) is 0. The van der Waals surface area contributed by atoms with Crippen molar-refractivity contribution < 1.29 is 29.0 Å². The summed E-state index contributed by atoms with van der Waals surface area (Å²) in [5, 5.41) is 9.28. The van der Waals surface area contributed by atoms with E-state index in [-0.39, 0.29) is 29.4 Å². The van der Waals surface area contributed by atoms with Gasteiger partial charge >= 0.3 is 12.1 Å². The van der Waals surface area contributed by atoms with Gasteiger partial charge in [-0.05, 0) is 32.9 Å². The fourth-order valence-corrected chi connectivity index (χ4v) is 3.43. The van der Waals surface area contributed by atoms with Crippen LogP contribution in [0.25, 0.3) is 0 Å². The summed E-state index contributed by atoms with van der Waals surface area (Å²) in [6, 6.07) is 4.61. The van der Waals surface area contributed by atoms with E-state index in [4.69, 9.17) is 9.47 Å². The number of hydrogen-bond acceptors (Lipinski definition) is 5. The molecule has 2 heterocycles. The highest BCUT2D eigenvalue weighted by molar-refractivity contribution is 6.08. The molecule has 1 N–H and O–H groups in total. The number of piperidine rings is 1. The highest BCUT2D eigenvalue weighted by atomic mass is 16.6. The van der Waals surface area contributed by atoms with Crippen molar-refractivity contribution >= 4 is 17.8 Å². The highest BCUT2D eigenvalue weighted by Crippen LogP contribution is 2.40. The SMILES string of the molecule is CC(C)(C)OC(=O)N1CCC2(CC1)CC(=O)c1c(cccc1C(=O)O)O2. The molecule has 1 saturated heterocycles. The predicted octanol–water partition coefficient (Wildman–Crippen LogP) is 3.12. The Bertz CT molecular complexity index is 756. The fourth-order valence-electron chi connectivity index (χ4n) is 3.43. The Labute approximate surface area is 151 Å². The number of carboxylic acid groups (broad SMARTS) is 1. The lowest BCUT2D eigenvalue weighted by Gasteiger charge is -2.44. The summed E-state index contributed by atoms with van der Waals surface area (Å²) in [6.07, 6.45) is 0.735. The number of amides is 1. The third kappa shape index (κ3) is 3.52. The molecule has 0 aliphatic carbocycles. The van der Waals surface area contributed by atoms with Crippen LogP contribution in [0.4, 0.5) is 4.79 Å². The minimum Gasteiger partial charge on any atom is -0.486 e. The van der Waals surface area contributed by atoms with Gasteiger partial charge in [0, 0.05) is 25.9 Å². The van der Waals surface area contributed by atoms with Gasteiger partial charge in [-0.2, -0.15) is 0 Å². The number of hydrogen-bond donors (Lipinski definition) is 1. The zero-order valence-corrected chi connectivity index (χ0v) is 15.2. The molecule has 0 bridgehead atoms. The van der Waals surface area contributed by atoms with Crippen molar-refractivity contribution in [2.45, 2.75) is 51.2 Å². The molecule has 26 heavy (non-hydrogen) atoms. The number of aromatic carboxylic acids is 1. The number of benzene rings is 1. The second kappa shape index (κ2) is 6.30. The summed E-state index contributed by atoms with van der Waals surface area (Å²) in [5.74, 6) is -1.06. The van der Waals surface area contributed by atoms with E-state index in [0.717, 1.165) is 0 Å². The minimum absolute atomic E-state index is 0.0338. The first-order chi connectivity index (χ1) is 12.1. The molecule has 1 spiro atoms. The first-order valence-electron chi connectivity index (χ1n) is 8.67. The van der Waals surface area contributed by atoms with Crippen molar-refractivity contribution in [3.05, 3.63) is 29.3 Å². The van der Waals surface area contributed by atoms with E-state index < -0.39 is 17.2 Å². The number of carbonyl (C=O) groups is 3. The van der Waals surface area contributed by atoms with Crippen LogP contribution in [0.1, 0.15) is 60.7 Å². The van der Waals surface area contributed by atoms with Gasteiger partial charge in [-0.1, -0.05) is 6.07 Å². The van der Waals surface area contributed by atoms with Crippen molar-refractivity contribution in [3.8, 4) is 5.75 Å². The van der Waals surface area contributed by atoms with Crippen LogP contribution in [0.5, 0.6) is 5.75 Å². The molecule has 2 aliphatic rings. The van der Waals surface area contributed by atoms with Crippen LogP contribution in [-0.2, 0) is 4.74 Å². The normalized spacial score (nSPS) is 18.9. The lowest BCUT2D eigenvalue weighted by atomic mass is 9.81. The Kier molecular flexibility index (Phi) is 4.42. The molecule has 0 unspecified atom stereocenters. The molecule has 3 rings (SSSR count). The van der Waals surface area contributed by atoms with E-state index in [0.29, 0.717) is 31.7 Å². The van der Waals surface area contributed by atoms with Gasteiger partial charge in [0.15, 0.2) is 5.78 Å². The maximum atomic E-state index is 12.6. The van der Waals surface area contributed by atoms with Gasteiger partial charge in [0.25, 0.3) is 0 Å². The van der Waals surface area contributed by atoms with Crippen molar-refractivity contribution in [1.29, 1.82) is 0 Å². The van der Waals surface area contributed by atoms with E-state index in [2.05, 4.69) is 0 Å². The lowest BCUT2D eigenvalue weighted by Crippen LogP contribution is -2.53. The molecule has 140 valence electrons. The molecule has 0 aromatic heterocycles. The number of ketones is 1. The summed E-state index contributed by atoms with van der Waals surface area (Å²) in [6.45, 7) is 6.30. The van der Waals surface area contributed by atoms with Gasteiger partial charge in [0.1, 0.15) is 17.0 Å². The van der Waals surface area contributed by atoms with Crippen molar-refractivity contribution in [1.82, 2.24) is 4.90 Å². The number of likely N-dealkylation sites (tertiary alicyclic amines) is 1. The molecule has 1 amide bonds. The van der Waals surface area contributed by atoms with E-state index in [1.54, 1.807) is 17.0 Å². The van der Waals surface area contributed by atoms with E-state index in [1.165, 1.54) is 6.07 Å². The van der Waals surface area contributed by atoms with Gasteiger partial charge in [-0.25, -0.2) is 9.59 Å². The average molecular weight is 361 g/mol. The van der Waals surface area contributed by atoms with Crippen LogP contribution in [0.3, 0.4) is 0 Å². The first kappa shape index (κ1) is 18.2. The van der Waals surface area contributed by atoms with Crippen LogP contribution < -0.4 is 4.74 Å². The predicted molar refractivity (Wildman–Crippen MR) is 92.7 cm³/mol. The average Bonchev–Trinajstić information content (AvgIpc) is 2.53. The number of carbonyl (C=O) groups excluding carboxylic acids is 2. The van der Waals surface area contributed by atoms with Crippen LogP contribution in [0.15, 0.2) is 18.2 Å². The van der Waals surface area contributed by atoms with Crippen LogP contribution in [-0.4, -0.2) is 52.1 Å². The van der Waals surface area contributed by atoms with Gasteiger partial charge in [-0.3, -0.25) is 4.79 Å². The van der Waals surface area contributed by atoms with Gasteiger partial charge in [0.05, 0.1) is 17.5 Å². The zero-order chi connectivity index (χ0) is 19.1. The summed E-state index contributed by atoms with van der Waals surface area (Å²) >= 11 is 0. The summed E-state index contributed by atoms with van der Waals surface area (Å²) in [4.78, 5) is 37.8. The van der Waals surface area contributed by atoms with Gasteiger partial charge in [0.2, 0.25) is 0 Å². The van der Waals surface area contributed by atoms with Crippen LogP contribution >= 0.6 is 0 Å². The summed E-state index contributed by atoms with van der Waals surface area (Å²) < 4.78 is 11.5. The first-order valence-corrected chi connectivity index (χ1v) is 8.67. The molecule has 2 aliphatic heterocycles. The monoisotopic (exact) mass is 361 g/mol. The standard InChI is InChI=1S/C19H23NO6/c1-18(2,3)26-17(24)20-9-7-19(8-10-20)11-13(21)15-12(16(22)23)5-4-6-14(15)25-19/h4-6H,7-11H2,1-3H3,(H,22,23). The van der Waals surface area contributed by atoms with Crippen LogP contribution in [0.2, 0.25) is 0 Å². The Morgan fingerprint density at radius 3 is 2.46 bits per heavy atom. The number of nitrogens with zero attached hydrogens (tertiary/aromatic N) is 1. The molecule has 0 radical (unpaired) electrons. The van der Waals surface area contributed by atoms with Crippen molar-refractivity contribution in [3.63, 3.8) is 0 Å². The maximum absolute atomic E-state index is 12.6. The number of carboxylic acids is 1. The molecule has 7 nitrogen and oxygen atoms in total. The zero-order valence-electron chi connectivity index (χ0n) is 15.2. The molecule has 1 aromatic carbocycles. The van der Waals surface area contributed by atoms with Crippen LogP contribution in [0, 0.1) is 0 Å². The molecular weight excluding hydrogens is 338 g/mol. The quantitative estimate of drug-likeness (QED) is 0.826. The molecule has 7 heteroatoms. The third-order valence-electron chi connectivity index (χ3n) is 4.67. The number of rotatable bonds is 1. The third-order valence-corrected chi connectivity index (χ3v) is 4.67. The number of fused-ring (bicyclic) bond motifs is 1. The molecule has 0 saturated carbocycles. The Morgan fingerprint density at radius 2 is 1.88 bits per heavy atom. The molecular formula is C19H23NO6. The number of Topliss-reactive ketones (excluding diaryl/α,β-unsaturated/α-hetero) is 1. The minimum atomic E-state index is -1.14. The second-order valence-corrected chi connectivity index (χ2v) is 7.84. The van der Waals surface area contributed by atoms with Gasteiger partial charge < -0.3 is 19.5 Å².